The second-order valence-corrected chi connectivity index (χ2v) is 2.97. The van der Waals surface area contributed by atoms with Crippen molar-refractivity contribution < 1.29 is 4.79 Å². The van der Waals surface area contributed by atoms with E-state index >= 15 is 0 Å². The summed E-state index contributed by atoms with van der Waals surface area (Å²) in [4.78, 5) is 19.0. The van der Waals surface area contributed by atoms with Crippen LogP contribution in [0.4, 0.5) is 0 Å². The summed E-state index contributed by atoms with van der Waals surface area (Å²) in [5.41, 5.74) is 7.05. The first-order chi connectivity index (χ1) is 7.27. The average molecular weight is 198 g/mol. The molecule has 4 heteroatoms. The van der Waals surface area contributed by atoms with Crippen LogP contribution >= 0.6 is 0 Å². The maximum atomic E-state index is 11.0. The monoisotopic (exact) mass is 198 g/mol. The van der Waals surface area contributed by atoms with Crippen LogP contribution in [0.5, 0.6) is 0 Å². The lowest BCUT2D eigenvalue weighted by Crippen LogP contribution is -2.10. The molecule has 15 heavy (non-hydrogen) atoms. The molecule has 0 atom stereocenters. The molecule has 73 valence electrons. The van der Waals surface area contributed by atoms with Crippen molar-refractivity contribution in [2.75, 3.05) is 0 Å². The Bertz CT molecular complexity index is 482. The molecule has 0 unspecified atom stereocenters. The number of carbonyl (C=O) groups is 1. The Morgan fingerprint density at radius 1 is 1.33 bits per heavy atom. The van der Waals surface area contributed by atoms with Crippen molar-refractivity contribution in [2.24, 2.45) is 5.73 Å². The molecule has 2 rings (SSSR count). The molecule has 0 aliphatic heterocycles. The van der Waals surface area contributed by atoms with Gasteiger partial charge in [0.25, 0.3) is 0 Å². The molecular weight excluding hydrogens is 190 g/mol. The van der Waals surface area contributed by atoms with Crippen LogP contribution in [0.15, 0.2) is 36.8 Å². The van der Waals surface area contributed by atoms with Gasteiger partial charge in [0, 0.05) is 23.5 Å². The summed E-state index contributed by atoms with van der Waals surface area (Å²) >= 11 is 0. The smallest absolute Gasteiger partial charge is 0.248 e. The third-order valence-corrected chi connectivity index (χ3v) is 1.93. The van der Waals surface area contributed by atoms with Gasteiger partial charge in [0.1, 0.15) is 0 Å². The van der Waals surface area contributed by atoms with E-state index in [-0.39, 0.29) is 0 Å². The second-order valence-electron chi connectivity index (χ2n) is 2.97. The minimum atomic E-state index is -0.475. The first kappa shape index (κ1) is 9.33. The second kappa shape index (κ2) is 3.88. The van der Waals surface area contributed by atoms with Crippen LogP contribution in [0.3, 0.4) is 0 Å². The highest BCUT2D eigenvalue weighted by Crippen LogP contribution is 2.16. The summed E-state index contributed by atoms with van der Waals surface area (Å²) < 4.78 is 0. The molecule has 2 aromatic rings. The van der Waals surface area contributed by atoms with Crippen LogP contribution in [0.1, 0.15) is 10.4 Å². The number of carbonyl (C=O) groups excluding carboxylic acids is 1. The van der Waals surface area contributed by atoms with Gasteiger partial charge in [0.05, 0.1) is 11.9 Å². The topological polar surface area (TPSA) is 68.9 Å². The minimum absolute atomic E-state index is 0.415. The molecule has 1 amide bonds. The number of hydrogen-bond acceptors (Lipinski definition) is 3. The zero-order valence-electron chi connectivity index (χ0n) is 7.84. The van der Waals surface area contributed by atoms with Crippen molar-refractivity contribution in [3.05, 3.63) is 48.4 Å². The SMILES string of the molecule is NC(=O)c1c[c]cc(-c2cnccn2)c1. The number of benzene rings is 1. The molecule has 2 N–H and O–H groups in total. The van der Waals surface area contributed by atoms with Gasteiger partial charge in [-0.15, -0.1) is 0 Å². The molecule has 1 aromatic carbocycles. The van der Waals surface area contributed by atoms with Crippen LogP contribution in [0, 0.1) is 6.07 Å². The Morgan fingerprint density at radius 2 is 2.20 bits per heavy atom. The number of hydrogen-bond donors (Lipinski definition) is 1. The molecule has 0 aliphatic rings. The first-order valence-electron chi connectivity index (χ1n) is 4.35. The van der Waals surface area contributed by atoms with Crippen LogP contribution < -0.4 is 5.73 Å². The molecule has 0 spiro atoms. The van der Waals surface area contributed by atoms with Gasteiger partial charge in [0.15, 0.2) is 0 Å². The number of nitrogens with zero attached hydrogens (tertiary/aromatic N) is 2. The predicted molar refractivity (Wildman–Crippen MR) is 54.8 cm³/mol. The van der Waals surface area contributed by atoms with E-state index in [4.69, 9.17) is 5.73 Å². The molecule has 0 fully saturated rings. The molecule has 0 aliphatic carbocycles. The lowest BCUT2D eigenvalue weighted by atomic mass is 10.1. The lowest BCUT2D eigenvalue weighted by molar-refractivity contribution is 0.100. The van der Waals surface area contributed by atoms with Gasteiger partial charge in [-0.2, -0.15) is 0 Å². The Morgan fingerprint density at radius 3 is 2.87 bits per heavy atom. The van der Waals surface area contributed by atoms with Crippen LogP contribution in [0.25, 0.3) is 11.3 Å². The maximum absolute atomic E-state index is 11.0. The van der Waals surface area contributed by atoms with Crippen molar-refractivity contribution in [3.63, 3.8) is 0 Å². The highest BCUT2D eigenvalue weighted by Gasteiger charge is 2.03. The van der Waals surface area contributed by atoms with E-state index in [0.29, 0.717) is 11.3 Å². The zero-order chi connectivity index (χ0) is 10.7. The van der Waals surface area contributed by atoms with Gasteiger partial charge in [0.2, 0.25) is 5.91 Å². The third kappa shape index (κ3) is 1.99. The van der Waals surface area contributed by atoms with Crippen LogP contribution in [-0.2, 0) is 0 Å². The zero-order valence-corrected chi connectivity index (χ0v) is 7.84. The van der Waals surface area contributed by atoms with Crippen molar-refractivity contribution >= 4 is 5.91 Å². The number of rotatable bonds is 2. The fourth-order valence-electron chi connectivity index (χ4n) is 1.21. The van der Waals surface area contributed by atoms with E-state index < -0.39 is 5.91 Å². The summed E-state index contributed by atoms with van der Waals surface area (Å²) in [5.74, 6) is -0.475. The summed E-state index contributed by atoms with van der Waals surface area (Å²) in [5, 5.41) is 0. The number of aromatic nitrogens is 2. The molecular formula is C11H8N3O. The molecule has 0 saturated heterocycles. The molecule has 4 nitrogen and oxygen atoms in total. The van der Waals surface area contributed by atoms with E-state index in [2.05, 4.69) is 16.0 Å². The molecule has 0 saturated carbocycles. The van der Waals surface area contributed by atoms with Crippen molar-refractivity contribution in [2.45, 2.75) is 0 Å². The number of amides is 1. The van der Waals surface area contributed by atoms with Crippen molar-refractivity contribution in [1.82, 2.24) is 9.97 Å². The predicted octanol–water partition coefficient (Wildman–Crippen LogP) is 1.04. The largest absolute Gasteiger partial charge is 0.366 e. The van der Waals surface area contributed by atoms with Crippen LogP contribution in [-0.4, -0.2) is 15.9 Å². The standard InChI is InChI=1S/C11H8N3O/c12-11(15)9-3-1-2-8(6-9)10-7-13-4-5-14-10/h2-7H,(H2,12,15). The van der Waals surface area contributed by atoms with Gasteiger partial charge in [-0.1, -0.05) is 0 Å². The maximum Gasteiger partial charge on any atom is 0.248 e. The highest BCUT2D eigenvalue weighted by atomic mass is 16.1. The summed E-state index contributed by atoms with van der Waals surface area (Å²) in [7, 11) is 0. The van der Waals surface area contributed by atoms with Gasteiger partial charge in [-0.3, -0.25) is 14.8 Å². The molecule has 1 radical (unpaired) electrons. The lowest BCUT2D eigenvalue weighted by Gasteiger charge is -2.00. The van der Waals surface area contributed by atoms with E-state index in [1.165, 1.54) is 0 Å². The van der Waals surface area contributed by atoms with E-state index in [1.54, 1.807) is 36.8 Å². The molecule has 1 aromatic heterocycles. The van der Waals surface area contributed by atoms with Gasteiger partial charge < -0.3 is 5.73 Å². The normalized spacial score (nSPS) is 9.87. The Kier molecular flexibility index (Phi) is 2.41. The van der Waals surface area contributed by atoms with Gasteiger partial charge in [-0.05, 0) is 24.3 Å². The van der Waals surface area contributed by atoms with E-state index in [0.717, 1.165) is 5.56 Å². The quantitative estimate of drug-likeness (QED) is 0.783. The van der Waals surface area contributed by atoms with Crippen molar-refractivity contribution in [1.29, 1.82) is 0 Å². The molecule has 1 heterocycles. The Hall–Kier alpha value is -2.23. The number of primary amides is 1. The van der Waals surface area contributed by atoms with E-state index in [1.807, 2.05) is 0 Å². The Labute approximate surface area is 86.8 Å². The summed E-state index contributed by atoms with van der Waals surface area (Å²) in [6.45, 7) is 0. The summed E-state index contributed by atoms with van der Waals surface area (Å²) in [6, 6.07) is 7.79. The van der Waals surface area contributed by atoms with E-state index in [9.17, 15) is 4.79 Å². The Balaban J connectivity index is 2.46. The third-order valence-electron chi connectivity index (χ3n) is 1.93. The van der Waals surface area contributed by atoms with Gasteiger partial charge >= 0.3 is 0 Å². The highest BCUT2D eigenvalue weighted by molar-refractivity contribution is 5.93. The van der Waals surface area contributed by atoms with Crippen LogP contribution in [0.2, 0.25) is 0 Å². The summed E-state index contributed by atoms with van der Waals surface area (Å²) in [6.07, 6.45) is 4.80. The first-order valence-corrected chi connectivity index (χ1v) is 4.35. The molecule has 0 bridgehead atoms. The average Bonchev–Trinajstić information content (AvgIpc) is 2.30. The number of nitrogens with two attached hydrogens (primary N) is 1. The fraction of sp³-hybridized carbons (Fsp3) is 0. The minimum Gasteiger partial charge on any atom is -0.366 e. The fourth-order valence-corrected chi connectivity index (χ4v) is 1.21. The van der Waals surface area contributed by atoms with Crippen molar-refractivity contribution in [3.8, 4) is 11.3 Å². The van der Waals surface area contributed by atoms with Gasteiger partial charge in [-0.25, -0.2) is 0 Å².